The molecule has 0 saturated carbocycles. The van der Waals surface area contributed by atoms with Gasteiger partial charge in [0.2, 0.25) is 0 Å². The van der Waals surface area contributed by atoms with Crippen LogP contribution in [0.5, 0.6) is 23.0 Å². The lowest BCUT2D eigenvalue weighted by molar-refractivity contribution is 0.0605. The van der Waals surface area contributed by atoms with Gasteiger partial charge in [0.1, 0.15) is 31.8 Å². The third-order valence-corrected chi connectivity index (χ3v) is 8.01. The summed E-state index contributed by atoms with van der Waals surface area (Å²) in [5.41, 5.74) is 2.35. The zero-order valence-corrected chi connectivity index (χ0v) is 23.1. The summed E-state index contributed by atoms with van der Waals surface area (Å²) in [5.74, 6) is 3.29. The minimum atomic E-state index is -0.552. The van der Waals surface area contributed by atoms with Crippen molar-refractivity contribution < 1.29 is 18.5 Å². The third kappa shape index (κ3) is 6.65. The average Bonchev–Trinajstić information content (AvgIpc) is 2.81. The first-order valence-electron chi connectivity index (χ1n) is 11.5. The van der Waals surface area contributed by atoms with Crippen LogP contribution in [0.15, 0.2) is 72.8 Å². The molecular formula is C28H36O4P2. The Morgan fingerprint density at radius 2 is 1.18 bits per heavy atom. The van der Waals surface area contributed by atoms with Gasteiger partial charge in [-0.15, -0.1) is 0 Å². The first-order chi connectivity index (χ1) is 16.1. The van der Waals surface area contributed by atoms with Crippen LogP contribution in [0, 0.1) is 5.41 Å². The van der Waals surface area contributed by atoms with Gasteiger partial charge in [0.25, 0.3) is 0 Å². The Labute approximate surface area is 208 Å². The van der Waals surface area contributed by atoms with Crippen LogP contribution in [0.2, 0.25) is 0 Å². The van der Waals surface area contributed by atoms with Gasteiger partial charge in [-0.2, -0.15) is 0 Å². The van der Waals surface area contributed by atoms with E-state index in [4.69, 9.17) is 18.5 Å². The fourth-order valence-corrected chi connectivity index (χ4v) is 4.59. The Morgan fingerprint density at radius 3 is 1.68 bits per heavy atom. The maximum absolute atomic E-state index is 6.53. The lowest BCUT2D eigenvalue weighted by Crippen LogP contribution is -2.41. The highest BCUT2D eigenvalue weighted by Crippen LogP contribution is 2.49. The summed E-state index contributed by atoms with van der Waals surface area (Å²) in [7, 11) is 2.13. The van der Waals surface area contributed by atoms with Gasteiger partial charge in [-0.05, 0) is 43.3 Å². The maximum atomic E-state index is 6.53. The molecule has 6 heteroatoms. The van der Waals surface area contributed by atoms with Crippen molar-refractivity contribution in [2.75, 3.05) is 7.11 Å². The van der Waals surface area contributed by atoms with E-state index in [-0.39, 0.29) is 14.2 Å². The molecule has 34 heavy (non-hydrogen) atoms. The molecule has 3 unspecified atom stereocenters. The zero-order valence-electron chi connectivity index (χ0n) is 21.1. The van der Waals surface area contributed by atoms with Crippen molar-refractivity contribution in [1.82, 2.24) is 0 Å². The summed E-state index contributed by atoms with van der Waals surface area (Å²) in [4.78, 5) is 0. The van der Waals surface area contributed by atoms with E-state index in [9.17, 15) is 0 Å². The van der Waals surface area contributed by atoms with Crippen LogP contribution in [0.1, 0.15) is 41.5 Å². The minimum absolute atomic E-state index is 0.0706. The van der Waals surface area contributed by atoms with Crippen molar-refractivity contribution in [2.24, 2.45) is 5.41 Å². The van der Waals surface area contributed by atoms with Gasteiger partial charge in [0, 0.05) is 22.2 Å². The van der Waals surface area contributed by atoms with E-state index in [1.807, 2.05) is 60.7 Å². The zero-order chi connectivity index (χ0) is 24.8. The number of methoxy groups -OCH3 is 1. The molecule has 0 amide bonds. The Morgan fingerprint density at radius 1 is 0.676 bits per heavy atom. The number of hydrogen-bond acceptors (Lipinski definition) is 4. The molecule has 3 aromatic rings. The molecule has 0 spiro atoms. The van der Waals surface area contributed by atoms with E-state index < -0.39 is 5.34 Å². The lowest BCUT2D eigenvalue weighted by Gasteiger charge is -2.41. The van der Waals surface area contributed by atoms with Crippen LogP contribution in [-0.2, 0) is 0 Å². The van der Waals surface area contributed by atoms with E-state index in [2.05, 4.69) is 53.7 Å². The Kier molecular flexibility index (Phi) is 8.85. The fraction of sp³-hybridized carbons (Fsp3) is 0.357. The smallest absolute Gasteiger partial charge is 0.162 e. The van der Waals surface area contributed by atoms with Gasteiger partial charge in [0.05, 0.1) is 15.9 Å². The molecule has 3 rings (SSSR count). The number of hydrogen-bond donors (Lipinski definition) is 0. The summed E-state index contributed by atoms with van der Waals surface area (Å²) >= 11 is 0. The van der Waals surface area contributed by atoms with Gasteiger partial charge in [-0.25, -0.2) is 0 Å². The Balaban J connectivity index is 1.86. The second-order valence-electron chi connectivity index (χ2n) is 9.63. The van der Waals surface area contributed by atoms with Gasteiger partial charge in [-0.1, -0.05) is 71.0 Å². The van der Waals surface area contributed by atoms with Crippen LogP contribution in [0.3, 0.4) is 0 Å². The van der Waals surface area contributed by atoms with E-state index in [1.54, 1.807) is 7.11 Å². The molecule has 4 nitrogen and oxygen atoms in total. The van der Waals surface area contributed by atoms with E-state index in [0.717, 1.165) is 34.1 Å². The first-order valence-corrected chi connectivity index (χ1v) is 13.4. The van der Waals surface area contributed by atoms with Crippen LogP contribution in [-0.4, -0.2) is 18.1 Å². The van der Waals surface area contributed by atoms with Gasteiger partial charge < -0.3 is 18.5 Å². The normalized spacial score (nSPS) is 14.0. The first kappa shape index (κ1) is 26.3. The summed E-state index contributed by atoms with van der Waals surface area (Å²) in [5, 5.41) is -0.552. The van der Waals surface area contributed by atoms with Crippen molar-refractivity contribution in [3.8, 4) is 34.1 Å². The second kappa shape index (κ2) is 11.4. The van der Waals surface area contributed by atoms with Gasteiger partial charge in [-0.3, -0.25) is 0 Å². The van der Waals surface area contributed by atoms with Crippen molar-refractivity contribution >= 4 is 17.6 Å². The van der Waals surface area contributed by atoms with Crippen LogP contribution in [0.25, 0.3) is 11.1 Å². The molecule has 182 valence electrons. The SMILES string of the molecule is COc1ccc(OC(C)(POc2ccccc2-c2ccccc2OPC(C)C)C(C)(C)C)cc1. The molecular weight excluding hydrogens is 462 g/mol. The van der Waals surface area contributed by atoms with Crippen LogP contribution in [0.4, 0.5) is 0 Å². The minimum Gasteiger partial charge on any atom is -0.497 e. The number of para-hydroxylation sites is 2. The number of rotatable bonds is 10. The topological polar surface area (TPSA) is 36.9 Å². The predicted octanol–water partition coefficient (Wildman–Crippen LogP) is 8.56. The average molecular weight is 499 g/mol. The molecule has 0 aliphatic rings. The summed E-state index contributed by atoms with van der Waals surface area (Å²) in [6.45, 7) is 13.0. The van der Waals surface area contributed by atoms with Crippen LogP contribution >= 0.6 is 17.6 Å². The molecule has 0 radical (unpaired) electrons. The summed E-state index contributed by atoms with van der Waals surface area (Å²) in [6, 6.07) is 24.0. The largest absolute Gasteiger partial charge is 0.497 e. The Hall–Kier alpha value is -2.28. The second-order valence-corrected chi connectivity index (χ2v) is 12.6. The molecule has 0 aliphatic heterocycles. The van der Waals surface area contributed by atoms with E-state index >= 15 is 0 Å². The molecule has 0 fully saturated rings. The highest BCUT2D eigenvalue weighted by Gasteiger charge is 2.42. The number of ether oxygens (including phenoxy) is 2. The fourth-order valence-electron chi connectivity index (χ4n) is 3.10. The highest BCUT2D eigenvalue weighted by atomic mass is 31.1. The van der Waals surface area contributed by atoms with Gasteiger partial charge in [0.15, 0.2) is 5.34 Å². The van der Waals surface area contributed by atoms with Crippen molar-refractivity contribution in [3.63, 3.8) is 0 Å². The molecule has 0 aromatic heterocycles. The molecule has 0 saturated heterocycles. The predicted molar refractivity (Wildman–Crippen MR) is 146 cm³/mol. The van der Waals surface area contributed by atoms with Gasteiger partial charge >= 0.3 is 0 Å². The molecule has 0 heterocycles. The van der Waals surface area contributed by atoms with E-state index in [1.165, 1.54) is 0 Å². The van der Waals surface area contributed by atoms with Crippen molar-refractivity contribution in [3.05, 3.63) is 72.8 Å². The molecule has 0 aliphatic carbocycles. The Bertz CT molecular complexity index is 1060. The summed E-state index contributed by atoms with van der Waals surface area (Å²) in [6.07, 6.45) is 0. The van der Waals surface area contributed by atoms with Crippen LogP contribution < -0.4 is 18.5 Å². The van der Waals surface area contributed by atoms with E-state index in [0.29, 0.717) is 14.5 Å². The maximum Gasteiger partial charge on any atom is 0.162 e. The number of benzene rings is 3. The highest BCUT2D eigenvalue weighted by molar-refractivity contribution is 7.34. The standard InChI is InChI=1S/C28H36O4P2/c1-20(2)33-31-25-14-10-8-12-23(25)24-13-9-11-15-26(24)32-34-28(6,27(3,4)5)30-22-18-16-21(29-7)17-19-22/h8-20,33-34H,1-7H3. The lowest BCUT2D eigenvalue weighted by atomic mass is 9.89. The third-order valence-electron chi connectivity index (χ3n) is 5.64. The molecule has 0 N–H and O–H groups in total. The molecule has 3 atom stereocenters. The molecule has 3 aromatic carbocycles. The quantitative estimate of drug-likeness (QED) is 0.262. The molecule has 0 bridgehead atoms. The summed E-state index contributed by atoms with van der Waals surface area (Å²) < 4.78 is 24.5. The van der Waals surface area contributed by atoms with Crippen molar-refractivity contribution in [1.29, 1.82) is 0 Å². The monoisotopic (exact) mass is 498 g/mol. The van der Waals surface area contributed by atoms with Crippen molar-refractivity contribution in [2.45, 2.75) is 52.5 Å².